The second-order valence-corrected chi connectivity index (χ2v) is 5.93. The van der Waals surface area contributed by atoms with Crippen LogP contribution in [0.1, 0.15) is 47.5 Å². The summed E-state index contributed by atoms with van der Waals surface area (Å²) in [7, 11) is 0. The van der Waals surface area contributed by atoms with Gasteiger partial charge in [0.25, 0.3) is 0 Å². The molecular weight excluding hydrogens is 246 g/mol. The van der Waals surface area contributed by atoms with Crippen LogP contribution in [-0.4, -0.2) is 46.2 Å². The van der Waals surface area contributed by atoms with Gasteiger partial charge in [0.15, 0.2) is 0 Å². The normalized spacial score (nSPS) is 27.6. The van der Waals surface area contributed by atoms with Gasteiger partial charge in [-0.2, -0.15) is 0 Å². The maximum absolute atomic E-state index is 11.9. The molecule has 1 aliphatic rings. The summed E-state index contributed by atoms with van der Waals surface area (Å²) < 4.78 is 5.65. The first-order valence-corrected chi connectivity index (χ1v) is 6.87. The van der Waals surface area contributed by atoms with E-state index in [1.165, 1.54) is 11.8 Å². The molecule has 0 aromatic carbocycles. The third-order valence-corrected chi connectivity index (χ3v) is 3.84. The van der Waals surface area contributed by atoms with Gasteiger partial charge < -0.3 is 14.7 Å². The fourth-order valence-corrected chi connectivity index (χ4v) is 2.98. The van der Waals surface area contributed by atoms with Crippen LogP contribution in [0.15, 0.2) is 0 Å². The standard InChI is InChI=1S/C14H25NO4/c1-9(2)12-8-14(13(17)18,6-7-19-12)15(10(3)4)11(5)16/h9-10,12H,6-8H2,1-5H3,(H,17,18). The smallest absolute Gasteiger partial charge is 0.329 e. The van der Waals surface area contributed by atoms with Crippen LogP contribution in [0, 0.1) is 5.92 Å². The summed E-state index contributed by atoms with van der Waals surface area (Å²) in [5.74, 6) is -0.882. The minimum absolute atomic E-state index is 0.120. The molecule has 2 unspecified atom stereocenters. The Bertz CT molecular complexity index is 353. The van der Waals surface area contributed by atoms with Gasteiger partial charge >= 0.3 is 5.97 Å². The van der Waals surface area contributed by atoms with Crippen LogP contribution in [0.3, 0.4) is 0 Å². The van der Waals surface area contributed by atoms with E-state index in [1.807, 2.05) is 27.7 Å². The molecule has 1 saturated heterocycles. The van der Waals surface area contributed by atoms with E-state index in [-0.39, 0.29) is 24.0 Å². The van der Waals surface area contributed by atoms with Crippen molar-refractivity contribution in [1.82, 2.24) is 4.90 Å². The molecular formula is C14H25NO4. The molecule has 0 aliphatic carbocycles. The van der Waals surface area contributed by atoms with Crippen molar-refractivity contribution in [1.29, 1.82) is 0 Å². The molecule has 0 saturated carbocycles. The number of carboxylic acids is 1. The van der Waals surface area contributed by atoms with E-state index < -0.39 is 11.5 Å². The largest absolute Gasteiger partial charge is 0.479 e. The average molecular weight is 271 g/mol. The van der Waals surface area contributed by atoms with Crippen molar-refractivity contribution in [3.05, 3.63) is 0 Å². The summed E-state index contributed by atoms with van der Waals surface area (Å²) in [6.07, 6.45) is 0.589. The SMILES string of the molecule is CC(=O)N(C(C)C)C1(C(=O)O)CCOC(C(C)C)C1. The number of hydrogen-bond acceptors (Lipinski definition) is 3. The second kappa shape index (κ2) is 5.90. The van der Waals surface area contributed by atoms with Crippen LogP contribution in [0.2, 0.25) is 0 Å². The maximum Gasteiger partial charge on any atom is 0.329 e. The van der Waals surface area contributed by atoms with E-state index in [0.717, 1.165) is 0 Å². The first kappa shape index (κ1) is 16.0. The van der Waals surface area contributed by atoms with Gasteiger partial charge in [0.05, 0.1) is 6.10 Å². The highest BCUT2D eigenvalue weighted by Crippen LogP contribution is 2.35. The zero-order chi connectivity index (χ0) is 14.8. The summed E-state index contributed by atoms with van der Waals surface area (Å²) in [5.41, 5.74) is -1.13. The lowest BCUT2D eigenvalue weighted by Gasteiger charge is -2.47. The quantitative estimate of drug-likeness (QED) is 0.848. The van der Waals surface area contributed by atoms with Crippen LogP contribution >= 0.6 is 0 Å². The third kappa shape index (κ3) is 3.08. The van der Waals surface area contributed by atoms with Crippen LogP contribution < -0.4 is 0 Å². The average Bonchev–Trinajstić information content (AvgIpc) is 2.27. The molecule has 110 valence electrons. The molecule has 1 fully saturated rings. The van der Waals surface area contributed by atoms with Crippen LogP contribution in [-0.2, 0) is 14.3 Å². The van der Waals surface area contributed by atoms with Gasteiger partial charge in [-0.25, -0.2) is 4.79 Å². The number of hydrogen-bond donors (Lipinski definition) is 1. The van der Waals surface area contributed by atoms with Gasteiger partial charge in [0.1, 0.15) is 5.54 Å². The molecule has 5 heteroatoms. The van der Waals surface area contributed by atoms with Crippen molar-refractivity contribution >= 4 is 11.9 Å². The number of carbonyl (C=O) groups is 2. The molecule has 1 aliphatic heterocycles. The predicted octanol–water partition coefficient (Wildman–Crippen LogP) is 1.90. The number of nitrogens with zero attached hydrogens (tertiary/aromatic N) is 1. The summed E-state index contributed by atoms with van der Waals surface area (Å²) in [6.45, 7) is 9.54. The van der Waals surface area contributed by atoms with E-state index in [2.05, 4.69) is 0 Å². The minimum Gasteiger partial charge on any atom is -0.479 e. The lowest BCUT2D eigenvalue weighted by Crippen LogP contribution is -2.63. The number of aliphatic carboxylic acids is 1. The van der Waals surface area contributed by atoms with Gasteiger partial charge in [-0.1, -0.05) is 13.8 Å². The Balaban J connectivity index is 3.15. The van der Waals surface area contributed by atoms with E-state index >= 15 is 0 Å². The summed E-state index contributed by atoms with van der Waals surface area (Å²) in [5, 5.41) is 9.71. The molecule has 5 nitrogen and oxygen atoms in total. The van der Waals surface area contributed by atoms with Crippen LogP contribution in [0.4, 0.5) is 0 Å². The van der Waals surface area contributed by atoms with E-state index in [1.54, 1.807) is 0 Å². The summed E-state index contributed by atoms with van der Waals surface area (Å²) in [6, 6.07) is -0.139. The minimum atomic E-state index is -1.13. The Morgan fingerprint density at radius 3 is 2.26 bits per heavy atom. The third-order valence-electron chi connectivity index (χ3n) is 3.84. The first-order chi connectivity index (χ1) is 8.72. The van der Waals surface area contributed by atoms with Crippen molar-refractivity contribution < 1.29 is 19.4 Å². The van der Waals surface area contributed by atoms with Gasteiger partial charge in [0.2, 0.25) is 5.91 Å². The lowest BCUT2D eigenvalue weighted by atomic mass is 9.81. The fraction of sp³-hybridized carbons (Fsp3) is 0.857. The van der Waals surface area contributed by atoms with E-state index in [0.29, 0.717) is 19.4 Å². The topological polar surface area (TPSA) is 66.8 Å². The fourth-order valence-electron chi connectivity index (χ4n) is 2.98. The highest BCUT2D eigenvalue weighted by Gasteiger charge is 2.50. The molecule has 1 heterocycles. The maximum atomic E-state index is 11.9. The molecule has 0 aromatic rings. The second-order valence-electron chi connectivity index (χ2n) is 5.93. The molecule has 1 N–H and O–H groups in total. The van der Waals surface area contributed by atoms with Crippen LogP contribution in [0.5, 0.6) is 0 Å². The van der Waals surface area contributed by atoms with Gasteiger partial charge in [-0.3, -0.25) is 4.79 Å². The molecule has 0 aromatic heterocycles. The molecule has 0 bridgehead atoms. The van der Waals surface area contributed by atoms with E-state index in [4.69, 9.17) is 4.74 Å². The van der Waals surface area contributed by atoms with Gasteiger partial charge in [0, 0.05) is 32.4 Å². The Morgan fingerprint density at radius 1 is 1.32 bits per heavy atom. The Morgan fingerprint density at radius 2 is 1.89 bits per heavy atom. The Labute approximate surface area is 114 Å². The number of carbonyl (C=O) groups excluding carboxylic acids is 1. The number of ether oxygens (including phenoxy) is 1. The highest BCUT2D eigenvalue weighted by molar-refractivity contribution is 5.86. The van der Waals surface area contributed by atoms with Crippen molar-refractivity contribution in [3.8, 4) is 0 Å². The highest BCUT2D eigenvalue weighted by atomic mass is 16.5. The van der Waals surface area contributed by atoms with Gasteiger partial charge in [-0.05, 0) is 19.8 Å². The Hall–Kier alpha value is -1.10. The number of carboxylic acid groups (broad SMARTS) is 1. The number of amides is 1. The molecule has 1 amide bonds. The predicted molar refractivity (Wildman–Crippen MR) is 71.8 cm³/mol. The molecule has 19 heavy (non-hydrogen) atoms. The zero-order valence-electron chi connectivity index (χ0n) is 12.5. The Kier molecular flexibility index (Phi) is 4.96. The lowest BCUT2D eigenvalue weighted by molar-refractivity contribution is -0.174. The zero-order valence-corrected chi connectivity index (χ0v) is 12.5. The first-order valence-electron chi connectivity index (χ1n) is 6.87. The molecule has 0 spiro atoms. The van der Waals surface area contributed by atoms with Crippen molar-refractivity contribution in [2.45, 2.75) is 65.1 Å². The molecule has 2 atom stereocenters. The monoisotopic (exact) mass is 271 g/mol. The van der Waals surface area contributed by atoms with Crippen molar-refractivity contribution in [2.75, 3.05) is 6.61 Å². The van der Waals surface area contributed by atoms with Crippen LogP contribution in [0.25, 0.3) is 0 Å². The summed E-state index contributed by atoms with van der Waals surface area (Å²) in [4.78, 5) is 25.2. The van der Waals surface area contributed by atoms with Crippen molar-refractivity contribution in [2.24, 2.45) is 5.92 Å². The molecule has 0 radical (unpaired) electrons. The van der Waals surface area contributed by atoms with E-state index in [9.17, 15) is 14.7 Å². The molecule has 1 rings (SSSR count). The van der Waals surface area contributed by atoms with Gasteiger partial charge in [-0.15, -0.1) is 0 Å². The number of rotatable bonds is 4. The van der Waals surface area contributed by atoms with Crippen molar-refractivity contribution in [3.63, 3.8) is 0 Å². The summed E-state index contributed by atoms with van der Waals surface area (Å²) >= 11 is 0.